The smallest absolute Gasteiger partial charge is 0.122 e. The maximum absolute atomic E-state index is 10.1. The van der Waals surface area contributed by atoms with Gasteiger partial charge >= 0.3 is 0 Å². The van der Waals surface area contributed by atoms with E-state index in [2.05, 4.69) is 18.2 Å². The quantitative estimate of drug-likeness (QED) is 0.909. The standard InChI is InChI=1S/C19H26O2/c1-12(20)10-15-17-14(4-3-5-16(17)21-2)11-19(8-9-19)18(15)13-6-7-13/h3-5,12-13,15,18,20H,6-11H2,1-2H3/t12?,15?,18-/m1/s1. The molecule has 0 aliphatic heterocycles. The Labute approximate surface area is 127 Å². The van der Waals surface area contributed by atoms with Gasteiger partial charge in [-0.15, -0.1) is 0 Å². The lowest BCUT2D eigenvalue weighted by Gasteiger charge is -2.42. The molecule has 0 radical (unpaired) electrons. The van der Waals surface area contributed by atoms with Crippen LogP contribution in [0.15, 0.2) is 18.2 Å². The lowest BCUT2D eigenvalue weighted by molar-refractivity contribution is 0.123. The fourth-order valence-electron chi connectivity index (χ4n) is 5.03. The fourth-order valence-corrected chi connectivity index (χ4v) is 5.03. The number of fused-ring (bicyclic) bond motifs is 1. The fraction of sp³-hybridized carbons (Fsp3) is 0.684. The third-order valence-electron chi connectivity index (χ3n) is 6.05. The second kappa shape index (κ2) is 4.74. The topological polar surface area (TPSA) is 29.5 Å². The SMILES string of the molecule is COc1cccc2c1C(CC(C)O)[C@@H](C1CC1)C1(CC1)C2. The lowest BCUT2D eigenvalue weighted by Crippen LogP contribution is -2.34. The molecular formula is C19H26O2. The summed E-state index contributed by atoms with van der Waals surface area (Å²) < 4.78 is 5.68. The average Bonchev–Trinajstić information content (AvgIpc) is 3.35. The summed E-state index contributed by atoms with van der Waals surface area (Å²) in [5.74, 6) is 3.20. The number of hydrogen-bond acceptors (Lipinski definition) is 2. The second-order valence-electron chi connectivity index (χ2n) is 7.63. The summed E-state index contributed by atoms with van der Waals surface area (Å²) in [6.45, 7) is 1.94. The molecule has 2 unspecified atom stereocenters. The minimum atomic E-state index is -0.233. The van der Waals surface area contributed by atoms with E-state index in [1.165, 1.54) is 43.2 Å². The zero-order valence-corrected chi connectivity index (χ0v) is 13.1. The van der Waals surface area contributed by atoms with Crippen LogP contribution in [0.4, 0.5) is 0 Å². The molecule has 3 aliphatic carbocycles. The summed E-state index contributed by atoms with van der Waals surface area (Å²) in [6, 6.07) is 6.52. The molecule has 114 valence electrons. The highest BCUT2D eigenvalue weighted by Crippen LogP contribution is 2.68. The average molecular weight is 286 g/mol. The van der Waals surface area contributed by atoms with Gasteiger partial charge < -0.3 is 9.84 Å². The van der Waals surface area contributed by atoms with Gasteiger partial charge in [-0.3, -0.25) is 0 Å². The van der Waals surface area contributed by atoms with Crippen molar-refractivity contribution >= 4 is 0 Å². The molecule has 21 heavy (non-hydrogen) atoms. The Morgan fingerprint density at radius 2 is 2.10 bits per heavy atom. The molecule has 4 rings (SSSR count). The van der Waals surface area contributed by atoms with Crippen LogP contribution in [0.2, 0.25) is 0 Å². The van der Waals surface area contributed by atoms with Crippen LogP contribution >= 0.6 is 0 Å². The number of aliphatic hydroxyl groups excluding tert-OH is 1. The normalized spacial score (nSPS) is 30.8. The number of methoxy groups -OCH3 is 1. The minimum absolute atomic E-state index is 0.233. The monoisotopic (exact) mass is 286 g/mol. The van der Waals surface area contributed by atoms with Gasteiger partial charge in [-0.25, -0.2) is 0 Å². The molecule has 0 saturated heterocycles. The maximum atomic E-state index is 10.1. The van der Waals surface area contributed by atoms with Crippen LogP contribution < -0.4 is 4.74 Å². The molecule has 1 spiro atoms. The van der Waals surface area contributed by atoms with Crippen molar-refractivity contribution in [2.75, 3.05) is 7.11 Å². The Bertz CT molecular complexity index is 540. The van der Waals surface area contributed by atoms with Gasteiger partial charge in [0.05, 0.1) is 13.2 Å². The van der Waals surface area contributed by atoms with Gasteiger partial charge in [-0.05, 0) is 80.2 Å². The zero-order valence-electron chi connectivity index (χ0n) is 13.1. The van der Waals surface area contributed by atoms with E-state index in [0.29, 0.717) is 11.3 Å². The third kappa shape index (κ3) is 2.19. The van der Waals surface area contributed by atoms with E-state index in [4.69, 9.17) is 4.74 Å². The zero-order chi connectivity index (χ0) is 14.6. The van der Waals surface area contributed by atoms with Crippen molar-refractivity contribution < 1.29 is 9.84 Å². The Morgan fingerprint density at radius 1 is 1.33 bits per heavy atom. The van der Waals surface area contributed by atoms with Gasteiger partial charge in [0, 0.05) is 5.56 Å². The highest BCUT2D eigenvalue weighted by atomic mass is 16.5. The molecule has 2 nitrogen and oxygen atoms in total. The first-order valence-electron chi connectivity index (χ1n) is 8.48. The van der Waals surface area contributed by atoms with Crippen LogP contribution in [-0.2, 0) is 6.42 Å². The summed E-state index contributed by atoms with van der Waals surface area (Å²) >= 11 is 0. The summed E-state index contributed by atoms with van der Waals surface area (Å²) in [6.07, 6.45) is 7.46. The van der Waals surface area contributed by atoms with Gasteiger partial charge in [0.15, 0.2) is 0 Å². The van der Waals surface area contributed by atoms with Gasteiger partial charge in [0.1, 0.15) is 5.75 Å². The molecule has 3 atom stereocenters. The van der Waals surface area contributed by atoms with Crippen molar-refractivity contribution in [3.8, 4) is 5.75 Å². The number of rotatable bonds is 4. The van der Waals surface area contributed by atoms with Crippen LogP contribution in [0.3, 0.4) is 0 Å². The first kappa shape index (κ1) is 13.6. The van der Waals surface area contributed by atoms with Crippen molar-refractivity contribution in [1.29, 1.82) is 0 Å². The van der Waals surface area contributed by atoms with Crippen LogP contribution in [-0.4, -0.2) is 18.3 Å². The van der Waals surface area contributed by atoms with Crippen molar-refractivity contribution in [2.24, 2.45) is 17.3 Å². The van der Waals surface area contributed by atoms with E-state index in [1.54, 1.807) is 7.11 Å². The highest BCUT2D eigenvalue weighted by Gasteiger charge is 2.59. The second-order valence-corrected chi connectivity index (χ2v) is 7.63. The molecular weight excluding hydrogens is 260 g/mol. The maximum Gasteiger partial charge on any atom is 0.122 e. The minimum Gasteiger partial charge on any atom is -0.496 e. The van der Waals surface area contributed by atoms with E-state index in [1.807, 2.05) is 6.92 Å². The molecule has 0 heterocycles. The van der Waals surface area contributed by atoms with Gasteiger partial charge in [-0.2, -0.15) is 0 Å². The van der Waals surface area contributed by atoms with Crippen molar-refractivity contribution in [1.82, 2.24) is 0 Å². The number of aliphatic hydroxyl groups is 1. The lowest BCUT2D eigenvalue weighted by atomic mass is 9.63. The molecule has 1 N–H and O–H groups in total. The Hall–Kier alpha value is -1.02. The summed E-state index contributed by atoms with van der Waals surface area (Å²) in [4.78, 5) is 0. The van der Waals surface area contributed by atoms with E-state index in [9.17, 15) is 5.11 Å². The van der Waals surface area contributed by atoms with Crippen LogP contribution in [0.5, 0.6) is 5.75 Å². The van der Waals surface area contributed by atoms with Crippen LogP contribution in [0, 0.1) is 17.3 Å². The first-order chi connectivity index (χ1) is 10.1. The number of ether oxygens (including phenoxy) is 1. The number of hydrogen-bond donors (Lipinski definition) is 1. The summed E-state index contributed by atoms with van der Waals surface area (Å²) in [5.41, 5.74) is 3.45. The van der Waals surface area contributed by atoms with Gasteiger partial charge in [-0.1, -0.05) is 12.1 Å². The largest absolute Gasteiger partial charge is 0.496 e. The van der Waals surface area contributed by atoms with Gasteiger partial charge in [0.25, 0.3) is 0 Å². The molecule has 0 aromatic heterocycles. The van der Waals surface area contributed by atoms with E-state index < -0.39 is 0 Å². The van der Waals surface area contributed by atoms with Gasteiger partial charge in [0.2, 0.25) is 0 Å². The molecule has 2 saturated carbocycles. The molecule has 2 fully saturated rings. The summed E-state index contributed by atoms with van der Waals surface area (Å²) in [5, 5.41) is 10.1. The third-order valence-corrected chi connectivity index (χ3v) is 6.05. The van der Waals surface area contributed by atoms with Crippen molar-refractivity contribution in [3.05, 3.63) is 29.3 Å². The van der Waals surface area contributed by atoms with E-state index in [-0.39, 0.29) is 6.10 Å². The van der Waals surface area contributed by atoms with E-state index >= 15 is 0 Å². The Morgan fingerprint density at radius 3 is 2.67 bits per heavy atom. The molecule has 0 bridgehead atoms. The molecule has 3 aliphatic rings. The van der Waals surface area contributed by atoms with Crippen molar-refractivity contribution in [2.45, 2.75) is 57.5 Å². The highest BCUT2D eigenvalue weighted by molar-refractivity contribution is 5.47. The Kier molecular flexibility index (Phi) is 3.08. The summed E-state index contributed by atoms with van der Waals surface area (Å²) in [7, 11) is 1.78. The molecule has 0 amide bonds. The first-order valence-corrected chi connectivity index (χ1v) is 8.48. The molecule has 1 aromatic carbocycles. The van der Waals surface area contributed by atoms with Crippen LogP contribution in [0.1, 0.15) is 56.1 Å². The predicted molar refractivity (Wildman–Crippen MR) is 83.6 cm³/mol. The molecule has 2 heteroatoms. The predicted octanol–water partition coefficient (Wildman–Crippen LogP) is 3.91. The van der Waals surface area contributed by atoms with E-state index in [0.717, 1.165) is 24.0 Å². The molecule has 1 aromatic rings. The van der Waals surface area contributed by atoms with Crippen LogP contribution in [0.25, 0.3) is 0 Å². The number of benzene rings is 1. The van der Waals surface area contributed by atoms with Crippen molar-refractivity contribution in [3.63, 3.8) is 0 Å². The Balaban J connectivity index is 1.81.